The highest BCUT2D eigenvalue weighted by Gasteiger charge is 2.12. The number of hydrogen-bond acceptors (Lipinski definition) is 3. The van der Waals surface area contributed by atoms with Crippen molar-refractivity contribution in [1.82, 2.24) is 4.98 Å². The maximum atomic E-state index is 11.7. The molecule has 3 heteroatoms. The Hall–Kier alpha value is -1.90. The summed E-state index contributed by atoms with van der Waals surface area (Å²) in [4.78, 5) is 16.1. The molecule has 17 heavy (non-hydrogen) atoms. The van der Waals surface area contributed by atoms with E-state index in [1.165, 1.54) is 12.7 Å². The van der Waals surface area contributed by atoms with Gasteiger partial charge in [-0.05, 0) is 37.1 Å². The number of nitrogens with zero attached hydrogens (tertiary/aromatic N) is 1. The number of carbonyl (C=O) groups excluding carboxylic acids is 1. The first kappa shape index (κ1) is 11.6. The van der Waals surface area contributed by atoms with Gasteiger partial charge in [-0.2, -0.15) is 0 Å². The van der Waals surface area contributed by atoms with Crippen LogP contribution in [0.3, 0.4) is 0 Å². The van der Waals surface area contributed by atoms with Crippen molar-refractivity contribution in [2.45, 2.75) is 20.3 Å². The zero-order valence-corrected chi connectivity index (χ0v) is 10.3. The Bertz CT molecular complexity index is 576. The second-order valence-electron chi connectivity index (χ2n) is 4.01. The molecule has 0 atom stereocenters. The standard InChI is InChI=1S/C14H15NO2/c1-4-10-5-6-13-11(8-10)12(14(16)17-3)7-9(2)15-13/h5-8H,4H2,1-3H3. The van der Waals surface area contributed by atoms with Gasteiger partial charge in [-0.3, -0.25) is 4.98 Å². The van der Waals surface area contributed by atoms with Gasteiger partial charge in [-0.25, -0.2) is 4.79 Å². The van der Waals surface area contributed by atoms with E-state index in [2.05, 4.69) is 11.9 Å². The van der Waals surface area contributed by atoms with Crippen molar-refractivity contribution in [2.24, 2.45) is 0 Å². The highest BCUT2D eigenvalue weighted by Crippen LogP contribution is 2.21. The lowest BCUT2D eigenvalue weighted by molar-refractivity contribution is 0.0603. The molecule has 0 fully saturated rings. The van der Waals surface area contributed by atoms with Crippen LogP contribution in [-0.4, -0.2) is 18.1 Å². The predicted molar refractivity (Wildman–Crippen MR) is 67.2 cm³/mol. The quantitative estimate of drug-likeness (QED) is 0.743. The second kappa shape index (κ2) is 4.53. The molecule has 3 nitrogen and oxygen atoms in total. The van der Waals surface area contributed by atoms with Gasteiger partial charge < -0.3 is 4.74 Å². The van der Waals surface area contributed by atoms with Crippen LogP contribution >= 0.6 is 0 Å². The minimum Gasteiger partial charge on any atom is -0.465 e. The molecule has 0 N–H and O–H groups in total. The summed E-state index contributed by atoms with van der Waals surface area (Å²) in [5.74, 6) is -0.311. The van der Waals surface area contributed by atoms with Crippen LogP contribution in [-0.2, 0) is 11.2 Å². The number of ether oxygens (including phenoxy) is 1. The molecule has 0 bridgehead atoms. The third-order valence-corrected chi connectivity index (χ3v) is 2.81. The van der Waals surface area contributed by atoms with Crippen LogP contribution in [0.5, 0.6) is 0 Å². The van der Waals surface area contributed by atoms with Gasteiger partial charge in [0.05, 0.1) is 18.2 Å². The molecule has 1 aromatic carbocycles. The van der Waals surface area contributed by atoms with Crippen LogP contribution in [0, 0.1) is 6.92 Å². The number of fused-ring (bicyclic) bond motifs is 1. The maximum absolute atomic E-state index is 11.7. The molecular weight excluding hydrogens is 214 g/mol. The summed E-state index contributed by atoms with van der Waals surface area (Å²) < 4.78 is 4.81. The minimum atomic E-state index is -0.311. The van der Waals surface area contributed by atoms with Crippen molar-refractivity contribution in [3.8, 4) is 0 Å². The number of esters is 1. The van der Waals surface area contributed by atoms with Gasteiger partial charge in [0.2, 0.25) is 0 Å². The lowest BCUT2D eigenvalue weighted by Crippen LogP contribution is -2.04. The summed E-state index contributed by atoms with van der Waals surface area (Å²) in [5, 5.41) is 0.863. The highest BCUT2D eigenvalue weighted by molar-refractivity contribution is 6.03. The summed E-state index contributed by atoms with van der Waals surface area (Å²) in [6, 6.07) is 7.77. The number of rotatable bonds is 2. The number of aryl methyl sites for hydroxylation is 2. The van der Waals surface area contributed by atoms with Gasteiger partial charge in [0, 0.05) is 11.1 Å². The van der Waals surface area contributed by atoms with Crippen molar-refractivity contribution < 1.29 is 9.53 Å². The molecule has 0 aliphatic heterocycles. The maximum Gasteiger partial charge on any atom is 0.338 e. The van der Waals surface area contributed by atoms with E-state index in [1.54, 1.807) is 6.07 Å². The molecule has 2 aromatic rings. The van der Waals surface area contributed by atoms with Crippen LogP contribution in [0.15, 0.2) is 24.3 Å². The normalized spacial score (nSPS) is 10.5. The smallest absolute Gasteiger partial charge is 0.338 e. The Kier molecular flexibility index (Phi) is 3.09. The lowest BCUT2D eigenvalue weighted by Gasteiger charge is -2.07. The third kappa shape index (κ3) is 2.13. The van der Waals surface area contributed by atoms with E-state index in [0.29, 0.717) is 5.56 Å². The van der Waals surface area contributed by atoms with Crippen LogP contribution in [0.2, 0.25) is 0 Å². The summed E-state index contributed by atoms with van der Waals surface area (Å²) in [7, 11) is 1.40. The van der Waals surface area contributed by atoms with E-state index in [9.17, 15) is 4.79 Å². The molecule has 0 unspecified atom stereocenters. The molecule has 1 heterocycles. The Labute approximate surface area is 100 Å². The molecule has 0 amide bonds. The van der Waals surface area contributed by atoms with E-state index in [0.717, 1.165) is 23.0 Å². The summed E-state index contributed by atoms with van der Waals surface area (Å²) in [5.41, 5.74) is 3.43. The first-order valence-electron chi connectivity index (χ1n) is 5.64. The molecule has 0 spiro atoms. The number of benzene rings is 1. The number of methoxy groups -OCH3 is 1. The lowest BCUT2D eigenvalue weighted by atomic mass is 10.0. The average Bonchev–Trinajstić information content (AvgIpc) is 2.36. The van der Waals surface area contributed by atoms with Crippen LogP contribution < -0.4 is 0 Å². The monoisotopic (exact) mass is 229 g/mol. The minimum absolute atomic E-state index is 0.311. The molecular formula is C14H15NO2. The molecule has 0 radical (unpaired) electrons. The fourth-order valence-electron chi connectivity index (χ4n) is 1.90. The molecule has 2 rings (SSSR count). The Morgan fingerprint density at radius 1 is 1.35 bits per heavy atom. The molecule has 0 saturated carbocycles. The van der Waals surface area contributed by atoms with Crippen molar-refractivity contribution >= 4 is 16.9 Å². The fourth-order valence-corrected chi connectivity index (χ4v) is 1.90. The number of hydrogen-bond donors (Lipinski definition) is 0. The van der Waals surface area contributed by atoms with Crippen molar-refractivity contribution in [3.63, 3.8) is 0 Å². The predicted octanol–water partition coefficient (Wildman–Crippen LogP) is 2.89. The SMILES string of the molecule is CCc1ccc2nc(C)cc(C(=O)OC)c2c1. The average molecular weight is 229 g/mol. The number of pyridine rings is 1. The molecule has 1 aromatic heterocycles. The van der Waals surface area contributed by atoms with E-state index in [1.807, 2.05) is 25.1 Å². The van der Waals surface area contributed by atoms with E-state index in [-0.39, 0.29) is 5.97 Å². The van der Waals surface area contributed by atoms with Gasteiger partial charge in [0.1, 0.15) is 0 Å². The van der Waals surface area contributed by atoms with Gasteiger partial charge in [-0.15, -0.1) is 0 Å². The Morgan fingerprint density at radius 3 is 2.76 bits per heavy atom. The first-order valence-corrected chi connectivity index (χ1v) is 5.64. The topological polar surface area (TPSA) is 39.2 Å². The second-order valence-corrected chi connectivity index (χ2v) is 4.01. The van der Waals surface area contributed by atoms with Crippen molar-refractivity contribution in [3.05, 3.63) is 41.1 Å². The number of aromatic nitrogens is 1. The molecule has 0 saturated heterocycles. The van der Waals surface area contributed by atoms with Crippen molar-refractivity contribution in [1.29, 1.82) is 0 Å². The first-order chi connectivity index (χ1) is 8.15. The highest BCUT2D eigenvalue weighted by atomic mass is 16.5. The summed E-state index contributed by atoms with van der Waals surface area (Å²) >= 11 is 0. The van der Waals surface area contributed by atoms with Gasteiger partial charge in [0.15, 0.2) is 0 Å². The largest absolute Gasteiger partial charge is 0.465 e. The van der Waals surface area contributed by atoms with Crippen LogP contribution in [0.25, 0.3) is 10.9 Å². The molecule has 88 valence electrons. The van der Waals surface area contributed by atoms with Crippen LogP contribution in [0.1, 0.15) is 28.5 Å². The summed E-state index contributed by atoms with van der Waals surface area (Å²) in [6.45, 7) is 3.96. The van der Waals surface area contributed by atoms with Crippen molar-refractivity contribution in [2.75, 3.05) is 7.11 Å². The van der Waals surface area contributed by atoms with Gasteiger partial charge in [-0.1, -0.05) is 13.0 Å². The van der Waals surface area contributed by atoms with Crippen LogP contribution in [0.4, 0.5) is 0 Å². The fraction of sp³-hybridized carbons (Fsp3) is 0.286. The summed E-state index contributed by atoms with van der Waals surface area (Å²) in [6.07, 6.45) is 0.935. The third-order valence-electron chi connectivity index (χ3n) is 2.81. The zero-order chi connectivity index (χ0) is 12.4. The van der Waals surface area contributed by atoms with E-state index in [4.69, 9.17) is 4.74 Å². The van der Waals surface area contributed by atoms with Gasteiger partial charge in [0.25, 0.3) is 0 Å². The molecule has 0 aliphatic rings. The van der Waals surface area contributed by atoms with E-state index < -0.39 is 0 Å². The number of carbonyl (C=O) groups is 1. The van der Waals surface area contributed by atoms with Gasteiger partial charge >= 0.3 is 5.97 Å². The molecule has 0 aliphatic carbocycles. The Balaban J connectivity index is 2.74. The zero-order valence-electron chi connectivity index (χ0n) is 10.3. The van der Waals surface area contributed by atoms with E-state index >= 15 is 0 Å². The Morgan fingerprint density at radius 2 is 2.12 bits per heavy atom.